The SMILES string of the molecule is O=C(CCn1cncn1)N1Cc2ccccc2OC2(CCOCC2)C1. The number of aryl methyl sites for hydroxylation is 1. The van der Waals surface area contributed by atoms with E-state index >= 15 is 0 Å². The number of benzene rings is 1. The number of fused-ring (bicyclic) bond motifs is 1. The Morgan fingerprint density at radius 3 is 2.88 bits per heavy atom. The molecule has 4 rings (SSSR count). The van der Waals surface area contributed by atoms with E-state index in [4.69, 9.17) is 9.47 Å². The van der Waals surface area contributed by atoms with Gasteiger partial charge in [0, 0.05) is 31.4 Å². The maximum absolute atomic E-state index is 12.9. The molecule has 0 atom stereocenters. The Balaban J connectivity index is 1.54. The Hall–Kier alpha value is -2.41. The number of ether oxygens (including phenoxy) is 2. The molecule has 0 unspecified atom stereocenters. The predicted molar refractivity (Wildman–Crippen MR) is 89.9 cm³/mol. The first kappa shape index (κ1) is 16.1. The lowest BCUT2D eigenvalue weighted by molar-refractivity contribution is -0.136. The van der Waals surface area contributed by atoms with Crippen LogP contribution in [0, 0.1) is 0 Å². The maximum atomic E-state index is 12.9. The summed E-state index contributed by atoms with van der Waals surface area (Å²) in [7, 11) is 0. The normalized spacial score (nSPS) is 19.1. The molecule has 1 fully saturated rings. The molecule has 2 aliphatic rings. The Labute approximate surface area is 146 Å². The topological polar surface area (TPSA) is 69.5 Å². The van der Waals surface area contributed by atoms with Gasteiger partial charge in [0.05, 0.1) is 26.3 Å². The minimum atomic E-state index is -0.353. The molecule has 0 aliphatic carbocycles. The molecule has 1 amide bonds. The quantitative estimate of drug-likeness (QED) is 0.848. The monoisotopic (exact) mass is 342 g/mol. The summed E-state index contributed by atoms with van der Waals surface area (Å²) in [5, 5.41) is 4.06. The first-order valence-corrected chi connectivity index (χ1v) is 8.69. The highest BCUT2D eigenvalue weighted by Gasteiger charge is 2.40. The van der Waals surface area contributed by atoms with Crippen LogP contribution >= 0.6 is 0 Å². The van der Waals surface area contributed by atoms with Crippen LogP contribution in [0.4, 0.5) is 0 Å². The molecule has 1 saturated heterocycles. The Kier molecular flexibility index (Phi) is 4.40. The largest absolute Gasteiger partial charge is 0.485 e. The highest BCUT2D eigenvalue weighted by atomic mass is 16.5. The van der Waals surface area contributed by atoms with Gasteiger partial charge in [0.15, 0.2) is 0 Å². The molecule has 1 aromatic carbocycles. The van der Waals surface area contributed by atoms with Gasteiger partial charge >= 0.3 is 0 Å². The van der Waals surface area contributed by atoms with Crippen molar-refractivity contribution in [3.8, 4) is 5.75 Å². The van der Waals surface area contributed by atoms with Crippen molar-refractivity contribution in [3.63, 3.8) is 0 Å². The third-order valence-electron chi connectivity index (χ3n) is 4.92. The molecule has 2 aliphatic heterocycles. The zero-order valence-corrected chi connectivity index (χ0v) is 14.1. The van der Waals surface area contributed by atoms with Gasteiger partial charge in [0.2, 0.25) is 5.91 Å². The molecule has 0 radical (unpaired) electrons. The molecule has 7 heteroatoms. The molecule has 7 nitrogen and oxygen atoms in total. The Morgan fingerprint density at radius 2 is 2.08 bits per heavy atom. The van der Waals surface area contributed by atoms with Crippen LogP contribution in [0.2, 0.25) is 0 Å². The number of aromatic nitrogens is 3. The first-order valence-electron chi connectivity index (χ1n) is 8.69. The van der Waals surface area contributed by atoms with E-state index in [9.17, 15) is 4.79 Å². The third kappa shape index (κ3) is 3.51. The van der Waals surface area contributed by atoms with Crippen molar-refractivity contribution in [2.75, 3.05) is 19.8 Å². The van der Waals surface area contributed by atoms with E-state index in [1.165, 1.54) is 6.33 Å². The molecule has 1 spiro atoms. The first-order chi connectivity index (χ1) is 12.2. The van der Waals surface area contributed by atoms with Crippen molar-refractivity contribution in [2.24, 2.45) is 0 Å². The maximum Gasteiger partial charge on any atom is 0.224 e. The summed E-state index contributed by atoms with van der Waals surface area (Å²) in [5.74, 6) is 0.998. The highest BCUT2D eigenvalue weighted by molar-refractivity contribution is 5.76. The molecule has 132 valence electrons. The number of rotatable bonds is 3. The lowest BCUT2D eigenvalue weighted by Crippen LogP contribution is -2.50. The van der Waals surface area contributed by atoms with Crippen LogP contribution in [0.5, 0.6) is 5.75 Å². The van der Waals surface area contributed by atoms with E-state index in [1.807, 2.05) is 29.2 Å². The zero-order valence-electron chi connectivity index (χ0n) is 14.1. The molecular formula is C18H22N4O3. The van der Waals surface area contributed by atoms with Crippen molar-refractivity contribution in [1.82, 2.24) is 19.7 Å². The van der Waals surface area contributed by atoms with Gasteiger partial charge in [-0.25, -0.2) is 4.98 Å². The third-order valence-corrected chi connectivity index (χ3v) is 4.92. The second-order valence-electron chi connectivity index (χ2n) is 6.66. The van der Waals surface area contributed by atoms with Gasteiger partial charge in [-0.2, -0.15) is 5.10 Å². The van der Waals surface area contributed by atoms with Gasteiger partial charge in [0.1, 0.15) is 24.0 Å². The van der Waals surface area contributed by atoms with Crippen LogP contribution in [-0.4, -0.2) is 50.9 Å². The van der Waals surface area contributed by atoms with Gasteiger partial charge in [-0.05, 0) is 6.07 Å². The fourth-order valence-corrected chi connectivity index (χ4v) is 3.51. The van der Waals surface area contributed by atoms with Crippen LogP contribution in [0.1, 0.15) is 24.8 Å². The second kappa shape index (κ2) is 6.84. The number of para-hydroxylation sites is 1. The van der Waals surface area contributed by atoms with Crippen LogP contribution < -0.4 is 4.74 Å². The number of amides is 1. The number of hydrogen-bond donors (Lipinski definition) is 0. The molecule has 0 N–H and O–H groups in total. The lowest BCUT2D eigenvalue weighted by Gasteiger charge is -2.39. The Bertz CT molecular complexity index is 726. The predicted octanol–water partition coefficient (Wildman–Crippen LogP) is 1.64. The smallest absolute Gasteiger partial charge is 0.224 e. The molecular weight excluding hydrogens is 320 g/mol. The van der Waals surface area contributed by atoms with E-state index in [-0.39, 0.29) is 11.5 Å². The van der Waals surface area contributed by atoms with E-state index < -0.39 is 0 Å². The van der Waals surface area contributed by atoms with E-state index in [2.05, 4.69) is 10.1 Å². The molecule has 0 saturated carbocycles. The van der Waals surface area contributed by atoms with Gasteiger partial charge in [0.25, 0.3) is 0 Å². The molecule has 2 aromatic rings. The summed E-state index contributed by atoms with van der Waals surface area (Å²) in [5.41, 5.74) is 0.702. The number of carbonyl (C=O) groups is 1. The summed E-state index contributed by atoms with van der Waals surface area (Å²) in [6.07, 6.45) is 5.12. The summed E-state index contributed by atoms with van der Waals surface area (Å²) >= 11 is 0. The molecule has 3 heterocycles. The van der Waals surface area contributed by atoms with Crippen molar-refractivity contribution in [2.45, 2.75) is 38.0 Å². The van der Waals surface area contributed by atoms with Crippen LogP contribution in [0.3, 0.4) is 0 Å². The molecule has 1 aromatic heterocycles. The highest BCUT2D eigenvalue weighted by Crippen LogP contribution is 2.35. The number of carbonyl (C=O) groups excluding carboxylic acids is 1. The van der Waals surface area contributed by atoms with E-state index in [0.717, 1.165) is 24.2 Å². The minimum Gasteiger partial charge on any atom is -0.485 e. The Morgan fingerprint density at radius 1 is 1.24 bits per heavy atom. The minimum absolute atomic E-state index is 0.113. The van der Waals surface area contributed by atoms with Crippen molar-refractivity contribution >= 4 is 5.91 Å². The molecule has 25 heavy (non-hydrogen) atoms. The van der Waals surface area contributed by atoms with Gasteiger partial charge in [-0.3, -0.25) is 9.48 Å². The van der Waals surface area contributed by atoms with Crippen LogP contribution in [-0.2, 0) is 22.6 Å². The summed E-state index contributed by atoms with van der Waals surface area (Å²) in [6, 6.07) is 8.00. The number of hydrogen-bond acceptors (Lipinski definition) is 5. The van der Waals surface area contributed by atoms with Gasteiger partial charge in [-0.1, -0.05) is 18.2 Å². The average molecular weight is 342 g/mol. The fourth-order valence-electron chi connectivity index (χ4n) is 3.51. The average Bonchev–Trinajstić information content (AvgIpc) is 3.09. The summed E-state index contributed by atoms with van der Waals surface area (Å²) < 4.78 is 13.6. The van der Waals surface area contributed by atoms with E-state index in [1.54, 1.807) is 11.0 Å². The van der Waals surface area contributed by atoms with Crippen molar-refractivity contribution in [3.05, 3.63) is 42.5 Å². The van der Waals surface area contributed by atoms with Crippen LogP contribution in [0.25, 0.3) is 0 Å². The standard InChI is InChI=1S/C18H22N4O3/c23-17(5-8-22-14-19-13-20-22)21-11-15-3-1-2-4-16(15)25-18(12-21)6-9-24-10-7-18/h1-4,13-14H,5-12H2. The van der Waals surface area contributed by atoms with Crippen molar-refractivity contribution in [1.29, 1.82) is 0 Å². The van der Waals surface area contributed by atoms with Gasteiger partial charge < -0.3 is 14.4 Å². The van der Waals surface area contributed by atoms with E-state index in [0.29, 0.717) is 39.3 Å². The lowest BCUT2D eigenvalue weighted by atomic mass is 9.93. The zero-order chi connectivity index (χ0) is 17.1. The number of nitrogens with zero attached hydrogens (tertiary/aromatic N) is 4. The summed E-state index contributed by atoms with van der Waals surface area (Å²) in [4.78, 5) is 18.7. The van der Waals surface area contributed by atoms with Crippen LogP contribution in [0.15, 0.2) is 36.9 Å². The van der Waals surface area contributed by atoms with Gasteiger partial charge in [-0.15, -0.1) is 0 Å². The fraction of sp³-hybridized carbons (Fsp3) is 0.500. The summed E-state index contributed by atoms with van der Waals surface area (Å²) in [6.45, 7) is 3.05. The second-order valence-corrected chi connectivity index (χ2v) is 6.66. The van der Waals surface area contributed by atoms with Crippen molar-refractivity contribution < 1.29 is 14.3 Å². The molecule has 0 bridgehead atoms.